The lowest BCUT2D eigenvalue weighted by atomic mass is 10.1. The van der Waals surface area contributed by atoms with Gasteiger partial charge in [0.2, 0.25) is 5.82 Å². The van der Waals surface area contributed by atoms with Crippen LogP contribution in [0.1, 0.15) is 33.3 Å². The predicted molar refractivity (Wildman–Crippen MR) is 119 cm³/mol. The van der Waals surface area contributed by atoms with Gasteiger partial charge in [-0.1, -0.05) is 11.6 Å². The quantitative estimate of drug-likeness (QED) is 0.174. The van der Waals surface area contributed by atoms with Gasteiger partial charge in [0.25, 0.3) is 5.91 Å². The van der Waals surface area contributed by atoms with Crippen molar-refractivity contribution in [1.29, 1.82) is 0 Å². The first-order valence-electron chi connectivity index (χ1n) is 10.4. The van der Waals surface area contributed by atoms with E-state index in [1.807, 2.05) is 0 Å². The molecule has 2 aromatic heterocycles. The molecule has 0 fully saturated rings. The van der Waals surface area contributed by atoms with Gasteiger partial charge in [0, 0.05) is 5.02 Å². The highest BCUT2D eigenvalue weighted by Gasteiger charge is 2.27. The monoisotopic (exact) mass is 525 g/mol. The Morgan fingerprint density at radius 2 is 1.58 bits per heavy atom. The summed E-state index contributed by atoms with van der Waals surface area (Å²) in [7, 11) is 0. The van der Waals surface area contributed by atoms with Crippen LogP contribution in [0.3, 0.4) is 0 Å². The molecule has 4 rings (SSSR count). The molecule has 0 atom stereocenters. The normalized spacial score (nSPS) is 11.1. The molecule has 0 saturated heterocycles. The number of aromatic nitrogens is 2. The summed E-state index contributed by atoms with van der Waals surface area (Å²) in [5, 5.41) is 7.20. The van der Waals surface area contributed by atoms with E-state index in [0.717, 1.165) is 4.68 Å². The standard InChI is InChI=1S/C24H17ClF5N3O3/c1-11-23(12(2)33(32-11)9-16-18(26)20(28)22(30)21(29)19(16)27)31-24(34)17-8-7-15(36-17)10-35-14-5-3-13(25)4-6-14/h3-8H,9-10H2,1-2H3,(H,31,34). The van der Waals surface area contributed by atoms with Gasteiger partial charge in [0.1, 0.15) is 18.1 Å². The molecule has 2 heterocycles. The van der Waals surface area contributed by atoms with Crippen LogP contribution in [0.5, 0.6) is 5.75 Å². The van der Waals surface area contributed by atoms with Gasteiger partial charge in [-0.3, -0.25) is 9.48 Å². The van der Waals surface area contributed by atoms with Gasteiger partial charge in [-0.25, -0.2) is 22.0 Å². The SMILES string of the molecule is Cc1nn(Cc2c(F)c(F)c(F)c(F)c2F)c(C)c1NC(=O)c1ccc(COc2ccc(Cl)cc2)o1. The van der Waals surface area contributed by atoms with Crippen molar-refractivity contribution < 1.29 is 35.9 Å². The zero-order chi connectivity index (χ0) is 26.1. The van der Waals surface area contributed by atoms with Crippen molar-refractivity contribution in [2.45, 2.75) is 27.0 Å². The lowest BCUT2D eigenvalue weighted by Crippen LogP contribution is -2.14. The first-order chi connectivity index (χ1) is 17.1. The molecule has 0 aliphatic rings. The van der Waals surface area contributed by atoms with Crippen LogP contribution in [-0.2, 0) is 13.2 Å². The van der Waals surface area contributed by atoms with E-state index < -0.39 is 47.1 Å². The molecule has 36 heavy (non-hydrogen) atoms. The molecule has 0 unspecified atom stereocenters. The van der Waals surface area contributed by atoms with E-state index in [1.54, 1.807) is 30.3 Å². The van der Waals surface area contributed by atoms with E-state index in [9.17, 15) is 26.7 Å². The third-order valence-electron chi connectivity index (χ3n) is 5.31. The molecule has 0 aliphatic carbocycles. The molecule has 0 aliphatic heterocycles. The van der Waals surface area contributed by atoms with E-state index in [4.69, 9.17) is 20.8 Å². The van der Waals surface area contributed by atoms with Crippen LogP contribution >= 0.6 is 11.6 Å². The number of furan rings is 1. The summed E-state index contributed by atoms with van der Waals surface area (Å²) >= 11 is 5.83. The average molecular weight is 526 g/mol. The van der Waals surface area contributed by atoms with Gasteiger partial charge >= 0.3 is 0 Å². The second kappa shape index (κ2) is 10.0. The number of rotatable bonds is 7. The maximum Gasteiger partial charge on any atom is 0.291 e. The van der Waals surface area contributed by atoms with E-state index in [0.29, 0.717) is 16.5 Å². The van der Waals surface area contributed by atoms with Gasteiger partial charge in [0.05, 0.1) is 29.2 Å². The van der Waals surface area contributed by atoms with Crippen LogP contribution in [0.4, 0.5) is 27.6 Å². The second-order valence-electron chi connectivity index (χ2n) is 7.71. The molecular weight excluding hydrogens is 509 g/mol. The Morgan fingerprint density at radius 3 is 2.22 bits per heavy atom. The zero-order valence-electron chi connectivity index (χ0n) is 18.8. The molecule has 0 radical (unpaired) electrons. The van der Waals surface area contributed by atoms with Crippen molar-refractivity contribution in [3.05, 3.63) is 99.0 Å². The minimum Gasteiger partial charge on any atom is -0.486 e. The van der Waals surface area contributed by atoms with Crippen molar-refractivity contribution >= 4 is 23.2 Å². The van der Waals surface area contributed by atoms with Crippen molar-refractivity contribution in [2.75, 3.05) is 5.32 Å². The van der Waals surface area contributed by atoms with E-state index >= 15 is 0 Å². The highest BCUT2D eigenvalue weighted by Crippen LogP contribution is 2.27. The summed E-state index contributed by atoms with van der Waals surface area (Å²) in [6.45, 7) is 2.27. The number of anilines is 1. The minimum absolute atomic E-state index is 0.0454. The number of aryl methyl sites for hydroxylation is 1. The maximum atomic E-state index is 14.1. The fraction of sp³-hybridized carbons (Fsp3) is 0.167. The Labute approximate surface area is 206 Å². The number of nitrogens with zero attached hydrogens (tertiary/aromatic N) is 2. The number of ether oxygens (including phenoxy) is 1. The molecule has 1 N–H and O–H groups in total. The van der Waals surface area contributed by atoms with Crippen molar-refractivity contribution in [3.8, 4) is 5.75 Å². The highest BCUT2D eigenvalue weighted by molar-refractivity contribution is 6.30. The molecule has 0 saturated carbocycles. The number of carbonyl (C=O) groups excluding carboxylic acids is 1. The number of amides is 1. The molecule has 0 bridgehead atoms. The molecule has 2 aromatic carbocycles. The fourth-order valence-electron chi connectivity index (χ4n) is 3.41. The molecule has 4 aromatic rings. The molecule has 6 nitrogen and oxygen atoms in total. The number of benzene rings is 2. The second-order valence-corrected chi connectivity index (χ2v) is 8.15. The Morgan fingerprint density at radius 1 is 0.972 bits per heavy atom. The average Bonchev–Trinajstić information content (AvgIpc) is 3.44. The van der Waals surface area contributed by atoms with E-state index in [2.05, 4.69) is 10.4 Å². The van der Waals surface area contributed by atoms with Gasteiger partial charge < -0.3 is 14.5 Å². The van der Waals surface area contributed by atoms with Gasteiger partial charge in [-0.15, -0.1) is 0 Å². The predicted octanol–water partition coefficient (Wildman–Crippen LogP) is 6.32. The summed E-state index contributed by atoms with van der Waals surface area (Å²) in [5.74, 6) is -10.0. The topological polar surface area (TPSA) is 69.3 Å². The maximum absolute atomic E-state index is 14.1. The summed E-state index contributed by atoms with van der Waals surface area (Å²) in [4.78, 5) is 12.7. The number of nitrogens with one attached hydrogen (secondary N) is 1. The smallest absolute Gasteiger partial charge is 0.291 e. The Bertz CT molecular complexity index is 1420. The summed E-state index contributed by atoms with van der Waals surface area (Å²) in [5.41, 5.74) is -0.379. The minimum atomic E-state index is -2.24. The van der Waals surface area contributed by atoms with Crippen LogP contribution in [0.2, 0.25) is 5.02 Å². The number of hydrogen-bond acceptors (Lipinski definition) is 4. The van der Waals surface area contributed by atoms with Gasteiger partial charge in [-0.05, 0) is 50.2 Å². The molecule has 188 valence electrons. The van der Waals surface area contributed by atoms with Crippen molar-refractivity contribution in [2.24, 2.45) is 0 Å². The molecular formula is C24H17ClF5N3O3. The van der Waals surface area contributed by atoms with Crippen LogP contribution < -0.4 is 10.1 Å². The summed E-state index contributed by atoms with van der Waals surface area (Å²) < 4.78 is 80.7. The van der Waals surface area contributed by atoms with Crippen LogP contribution in [0.15, 0.2) is 40.8 Å². The molecule has 1 amide bonds. The third kappa shape index (κ3) is 4.92. The van der Waals surface area contributed by atoms with Crippen molar-refractivity contribution in [1.82, 2.24) is 9.78 Å². The van der Waals surface area contributed by atoms with Gasteiger partial charge in [-0.2, -0.15) is 5.10 Å². The number of carbonyl (C=O) groups is 1. The zero-order valence-corrected chi connectivity index (χ0v) is 19.5. The first kappa shape index (κ1) is 25.2. The molecule has 12 heteroatoms. The van der Waals surface area contributed by atoms with E-state index in [-0.39, 0.29) is 29.4 Å². The lowest BCUT2D eigenvalue weighted by Gasteiger charge is -2.10. The highest BCUT2D eigenvalue weighted by atomic mass is 35.5. The number of halogens is 6. The van der Waals surface area contributed by atoms with Crippen LogP contribution in [-0.4, -0.2) is 15.7 Å². The van der Waals surface area contributed by atoms with Gasteiger partial charge in [0.15, 0.2) is 29.0 Å². The Kier molecular flexibility index (Phi) is 7.02. The van der Waals surface area contributed by atoms with Crippen LogP contribution in [0, 0.1) is 42.9 Å². The number of hydrogen-bond donors (Lipinski definition) is 1. The fourth-order valence-corrected chi connectivity index (χ4v) is 3.53. The van der Waals surface area contributed by atoms with Crippen molar-refractivity contribution in [3.63, 3.8) is 0 Å². The largest absolute Gasteiger partial charge is 0.486 e. The summed E-state index contributed by atoms with van der Waals surface area (Å²) in [6.07, 6.45) is 0. The molecule has 0 spiro atoms. The summed E-state index contributed by atoms with van der Waals surface area (Å²) in [6, 6.07) is 9.66. The first-order valence-corrected chi connectivity index (χ1v) is 10.8. The van der Waals surface area contributed by atoms with E-state index in [1.165, 1.54) is 19.9 Å². The Hall–Kier alpha value is -3.86. The third-order valence-corrected chi connectivity index (χ3v) is 5.56. The lowest BCUT2D eigenvalue weighted by molar-refractivity contribution is 0.0992. The Balaban J connectivity index is 1.48. The van der Waals surface area contributed by atoms with Crippen LogP contribution in [0.25, 0.3) is 0 Å².